The zero-order valence-electron chi connectivity index (χ0n) is 16.8. The van der Waals surface area contributed by atoms with Gasteiger partial charge in [-0.3, -0.25) is 4.79 Å². The molecular weight excluding hydrogens is 342 g/mol. The molecule has 5 heteroatoms. The summed E-state index contributed by atoms with van der Waals surface area (Å²) >= 11 is 0. The van der Waals surface area contributed by atoms with Gasteiger partial charge in [0.25, 0.3) is 0 Å². The van der Waals surface area contributed by atoms with E-state index in [4.69, 9.17) is 9.47 Å². The molecule has 146 valence electrons. The Bertz CT molecular complexity index is 853. The minimum atomic E-state index is -0.716. The average molecular weight is 371 g/mol. The van der Waals surface area contributed by atoms with Crippen molar-refractivity contribution >= 4 is 5.78 Å². The van der Waals surface area contributed by atoms with Crippen LogP contribution in [0.1, 0.15) is 44.7 Å². The van der Waals surface area contributed by atoms with E-state index in [-0.39, 0.29) is 34.4 Å². The maximum absolute atomic E-state index is 12.7. The first kappa shape index (κ1) is 17.5. The Morgan fingerprint density at radius 3 is 2.78 bits per heavy atom. The molecule has 6 unspecified atom stereocenters. The van der Waals surface area contributed by atoms with E-state index in [1.165, 1.54) is 11.1 Å². The smallest absolute Gasteiger partial charge is 0.165 e. The molecule has 1 saturated carbocycles. The summed E-state index contributed by atoms with van der Waals surface area (Å²) in [5, 5.41) is 10.6. The topological polar surface area (TPSA) is 59.0 Å². The maximum Gasteiger partial charge on any atom is 0.165 e. The molecule has 1 aromatic carbocycles. The average Bonchev–Trinajstić information content (AvgIpc) is 2.99. The summed E-state index contributed by atoms with van der Waals surface area (Å²) < 4.78 is 12.6. The number of ketones is 1. The number of carbonyl (C=O) groups excluding carboxylic acids is 1. The number of rotatable bonds is 2. The Labute approximate surface area is 160 Å². The lowest BCUT2D eigenvalue weighted by molar-refractivity contribution is -0.220. The molecule has 4 aliphatic rings. The van der Waals surface area contributed by atoms with E-state index >= 15 is 0 Å². The Kier molecular flexibility index (Phi) is 3.28. The number of likely N-dealkylation sites (tertiary alicyclic amines) is 1. The molecule has 1 N–H and O–H groups in total. The highest BCUT2D eigenvalue weighted by Crippen LogP contribution is 2.71. The molecule has 27 heavy (non-hydrogen) atoms. The first-order valence-corrected chi connectivity index (χ1v) is 9.98. The molecule has 1 saturated heterocycles. The van der Waals surface area contributed by atoms with Gasteiger partial charge in [0.2, 0.25) is 0 Å². The number of phenols is 1. The van der Waals surface area contributed by atoms with Crippen LogP contribution in [-0.2, 0) is 21.4 Å². The van der Waals surface area contributed by atoms with Crippen LogP contribution in [0, 0.1) is 11.3 Å². The molecule has 2 aliphatic carbocycles. The Balaban J connectivity index is 1.85. The third-order valence-corrected chi connectivity index (χ3v) is 8.68. The Morgan fingerprint density at radius 2 is 2.11 bits per heavy atom. The number of carbonyl (C=O) groups is 1. The van der Waals surface area contributed by atoms with Crippen LogP contribution in [0.2, 0.25) is 0 Å². The fourth-order valence-electron chi connectivity index (χ4n) is 7.28. The SMILES string of the molecule is COC1(C)C(C(C)=O)CC2(C)C3Cc4ccc(O)c5c4C2(CCN3C)C1O5. The molecule has 5 rings (SSSR count). The summed E-state index contributed by atoms with van der Waals surface area (Å²) in [5.74, 6) is 0.762. The summed E-state index contributed by atoms with van der Waals surface area (Å²) in [5.41, 5.74) is 1.41. The molecule has 6 atom stereocenters. The number of likely N-dealkylation sites (N-methyl/N-ethyl adjacent to an activating group) is 1. The van der Waals surface area contributed by atoms with Crippen LogP contribution in [0.25, 0.3) is 0 Å². The number of methoxy groups -OCH3 is 1. The van der Waals surface area contributed by atoms with Gasteiger partial charge < -0.3 is 19.5 Å². The molecular formula is C22H29NO4. The first-order chi connectivity index (χ1) is 12.7. The lowest BCUT2D eigenvalue weighted by Gasteiger charge is -2.68. The van der Waals surface area contributed by atoms with Gasteiger partial charge in [-0.05, 0) is 63.7 Å². The van der Waals surface area contributed by atoms with Crippen molar-refractivity contribution in [3.05, 3.63) is 23.3 Å². The third-order valence-electron chi connectivity index (χ3n) is 8.68. The standard InChI is InChI=1S/C22H29NO4/c1-12(24)14-11-20(2)16-10-13-6-7-15(25)18-17(13)22(20,8-9-23(16)4)19(27-18)21(14,3)26-5/h6-7,14,16,19,25H,8-11H2,1-5H3. The van der Waals surface area contributed by atoms with Crippen LogP contribution >= 0.6 is 0 Å². The monoisotopic (exact) mass is 371 g/mol. The molecule has 2 fully saturated rings. The lowest BCUT2D eigenvalue weighted by Crippen LogP contribution is -2.76. The lowest BCUT2D eigenvalue weighted by atomic mass is 9.40. The van der Waals surface area contributed by atoms with E-state index in [0.717, 1.165) is 25.8 Å². The number of hydrogen-bond donors (Lipinski definition) is 1. The second-order valence-electron chi connectivity index (χ2n) is 9.54. The van der Waals surface area contributed by atoms with Gasteiger partial charge in [0.1, 0.15) is 17.5 Å². The van der Waals surface area contributed by atoms with Crippen LogP contribution in [-0.4, -0.2) is 54.2 Å². The summed E-state index contributed by atoms with van der Waals surface area (Å²) in [6, 6.07) is 4.17. The van der Waals surface area contributed by atoms with Crippen LogP contribution < -0.4 is 4.74 Å². The predicted molar refractivity (Wildman–Crippen MR) is 101 cm³/mol. The predicted octanol–water partition coefficient (Wildman–Crippen LogP) is 2.67. The number of benzene rings is 1. The normalized spacial score (nSPS) is 44.6. The summed E-state index contributed by atoms with van der Waals surface area (Å²) in [4.78, 5) is 15.2. The molecule has 2 heterocycles. The van der Waals surface area contributed by atoms with Gasteiger partial charge in [-0.1, -0.05) is 13.0 Å². The zero-order chi connectivity index (χ0) is 19.4. The molecule has 0 aromatic heterocycles. The van der Waals surface area contributed by atoms with Gasteiger partial charge in [-0.25, -0.2) is 0 Å². The van der Waals surface area contributed by atoms with Crippen LogP contribution in [0.3, 0.4) is 0 Å². The molecule has 1 spiro atoms. The van der Waals surface area contributed by atoms with Gasteiger partial charge in [0, 0.05) is 24.1 Å². The van der Waals surface area contributed by atoms with Crippen LogP contribution in [0.5, 0.6) is 11.5 Å². The minimum absolute atomic E-state index is 0.106. The molecule has 1 aromatic rings. The van der Waals surface area contributed by atoms with Crippen molar-refractivity contribution in [3.8, 4) is 11.5 Å². The van der Waals surface area contributed by atoms with Crippen LogP contribution in [0.15, 0.2) is 12.1 Å². The van der Waals surface area contributed by atoms with Crippen molar-refractivity contribution in [2.45, 2.75) is 63.2 Å². The number of Topliss-reactive ketones (excluding diaryl/α,β-unsaturated/α-hetero) is 1. The number of hydrogen-bond acceptors (Lipinski definition) is 5. The second kappa shape index (κ2) is 5.06. The van der Waals surface area contributed by atoms with Crippen molar-refractivity contribution in [1.82, 2.24) is 4.90 Å². The van der Waals surface area contributed by atoms with Crippen molar-refractivity contribution in [2.75, 3.05) is 20.7 Å². The van der Waals surface area contributed by atoms with Crippen molar-refractivity contribution in [2.24, 2.45) is 11.3 Å². The van der Waals surface area contributed by atoms with Gasteiger partial charge >= 0.3 is 0 Å². The molecule has 0 amide bonds. The maximum atomic E-state index is 12.7. The number of nitrogens with zero attached hydrogens (tertiary/aromatic N) is 1. The number of phenolic OH excluding ortho intramolecular Hbond substituents is 1. The largest absolute Gasteiger partial charge is 0.504 e. The molecule has 5 nitrogen and oxygen atoms in total. The van der Waals surface area contributed by atoms with E-state index in [0.29, 0.717) is 11.8 Å². The third kappa shape index (κ3) is 1.72. The van der Waals surface area contributed by atoms with E-state index < -0.39 is 5.60 Å². The number of ether oxygens (including phenoxy) is 2. The highest BCUT2D eigenvalue weighted by Gasteiger charge is 2.76. The number of piperidine rings is 1. The molecule has 2 bridgehead atoms. The summed E-state index contributed by atoms with van der Waals surface area (Å²) in [6.45, 7) is 7.04. The molecule has 2 aliphatic heterocycles. The fourth-order valence-corrected chi connectivity index (χ4v) is 7.28. The second-order valence-corrected chi connectivity index (χ2v) is 9.54. The van der Waals surface area contributed by atoms with Crippen molar-refractivity contribution in [3.63, 3.8) is 0 Å². The fraction of sp³-hybridized carbons (Fsp3) is 0.682. The van der Waals surface area contributed by atoms with E-state index in [9.17, 15) is 9.90 Å². The van der Waals surface area contributed by atoms with Gasteiger partial charge in [0.15, 0.2) is 11.5 Å². The van der Waals surface area contributed by atoms with Crippen molar-refractivity contribution in [1.29, 1.82) is 0 Å². The van der Waals surface area contributed by atoms with Crippen LogP contribution in [0.4, 0.5) is 0 Å². The summed E-state index contributed by atoms with van der Waals surface area (Å²) in [6.07, 6.45) is 2.40. The minimum Gasteiger partial charge on any atom is -0.504 e. The van der Waals surface area contributed by atoms with Gasteiger partial charge in [-0.15, -0.1) is 0 Å². The van der Waals surface area contributed by atoms with Crippen molar-refractivity contribution < 1.29 is 19.4 Å². The highest BCUT2D eigenvalue weighted by atomic mass is 16.6. The molecule has 0 radical (unpaired) electrons. The quantitative estimate of drug-likeness (QED) is 0.866. The van der Waals surface area contributed by atoms with E-state index in [2.05, 4.69) is 24.9 Å². The Morgan fingerprint density at radius 1 is 1.37 bits per heavy atom. The van der Waals surface area contributed by atoms with E-state index in [1.807, 2.05) is 6.92 Å². The Hall–Kier alpha value is -1.59. The van der Waals surface area contributed by atoms with Gasteiger partial charge in [-0.2, -0.15) is 0 Å². The van der Waals surface area contributed by atoms with Gasteiger partial charge in [0.05, 0.1) is 5.92 Å². The summed E-state index contributed by atoms with van der Waals surface area (Å²) in [7, 11) is 3.89. The highest BCUT2D eigenvalue weighted by molar-refractivity contribution is 5.81. The zero-order valence-corrected chi connectivity index (χ0v) is 16.8. The van der Waals surface area contributed by atoms with E-state index in [1.54, 1.807) is 20.1 Å². The number of aromatic hydroxyl groups is 1. The first-order valence-electron chi connectivity index (χ1n) is 9.98.